The number of carbonyl (C=O) groups excluding carboxylic acids is 1. The van der Waals surface area contributed by atoms with Gasteiger partial charge in [0.2, 0.25) is 10.0 Å². The van der Waals surface area contributed by atoms with Crippen LogP contribution in [0.25, 0.3) is 0 Å². The molecule has 0 saturated heterocycles. The van der Waals surface area contributed by atoms with Crippen LogP contribution >= 0.6 is 11.6 Å². The Kier molecular flexibility index (Phi) is 7.72. The summed E-state index contributed by atoms with van der Waals surface area (Å²) in [7, 11) is -2.30. The predicted octanol–water partition coefficient (Wildman–Crippen LogP) is 5.54. The average molecular weight is 471 g/mol. The van der Waals surface area contributed by atoms with Crippen LogP contribution in [-0.4, -0.2) is 25.7 Å². The molecule has 3 rings (SSSR count). The van der Waals surface area contributed by atoms with Crippen molar-refractivity contribution in [3.8, 4) is 0 Å². The van der Waals surface area contributed by atoms with E-state index in [9.17, 15) is 13.2 Å². The van der Waals surface area contributed by atoms with Crippen molar-refractivity contribution in [2.24, 2.45) is 0 Å². The Morgan fingerprint density at radius 3 is 2.16 bits per heavy atom. The van der Waals surface area contributed by atoms with E-state index >= 15 is 0 Å². The second-order valence-corrected chi connectivity index (χ2v) is 9.95. The standard InChI is InChI=1S/C25H27ClN2O3S/c1-4-19-12-9-13-20(5-2)24(19)27-25(29)22-16-21(14-15-23(22)26)32(30,31)28(3)17-18-10-7-6-8-11-18/h6-16H,4-5,17H2,1-3H3,(H,27,29). The fourth-order valence-corrected chi connectivity index (χ4v) is 4.92. The number of sulfonamides is 1. The fourth-order valence-electron chi connectivity index (χ4n) is 3.53. The van der Waals surface area contributed by atoms with Gasteiger partial charge in [0.1, 0.15) is 0 Å². The quantitative estimate of drug-likeness (QED) is 0.470. The number of nitrogens with zero attached hydrogens (tertiary/aromatic N) is 1. The van der Waals surface area contributed by atoms with Crippen molar-refractivity contribution in [3.05, 3.63) is 94.0 Å². The molecule has 0 radical (unpaired) electrons. The minimum atomic E-state index is -3.81. The third-order valence-corrected chi connectivity index (χ3v) is 7.51. The molecule has 0 spiro atoms. The Morgan fingerprint density at radius 1 is 0.938 bits per heavy atom. The lowest BCUT2D eigenvalue weighted by atomic mass is 10.0. The van der Waals surface area contributed by atoms with E-state index in [1.165, 1.54) is 29.6 Å². The molecule has 0 aliphatic rings. The van der Waals surface area contributed by atoms with E-state index in [0.29, 0.717) is 0 Å². The summed E-state index contributed by atoms with van der Waals surface area (Å²) in [6.07, 6.45) is 1.52. The second-order valence-electron chi connectivity index (χ2n) is 7.50. The van der Waals surface area contributed by atoms with Gasteiger partial charge in [-0.25, -0.2) is 8.42 Å². The minimum Gasteiger partial charge on any atom is -0.321 e. The van der Waals surface area contributed by atoms with Gasteiger partial charge in [-0.3, -0.25) is 4.79 Å². The van der Waals surface area contributed by atoms with Gasteiger partial charge in [-0.2, -0.15) is 4.31 Å². The van der Waals surface area contributed by atoms with E-state index in [1.54, 1.807) is 0 Å². The molecule has 0 aliphatic heterocycles. The zero-order valence-electron chi connectivity index (χ0n) is 18.4. The Labute approximate surface area is 195 Å². The van der Waals surface area contributed by atoms with Gasteiger partial charge in [0.05, 0.1) is 15.5 Å². The lowest BCUT2D eigenvalue weighted by Crippen LogP contribution is -2.27. The molecule has 0 fully saturated rings. The Hall–Kier alpha value is -2.67. The molecule has 3 aromatic carbocycles. The maximum atomic E-state index is 13.1. The van der Waals surface area contributed by atoms with Crippen LogP contribution in [0.3, 0.4) is 0 Å². The number of rotatable bonds is 8. The van der Waals surface area contributed by atoms with E-state index in [4.69, 9.17) is 11.6 Å². The van der Waals surface area contributed by atoms with Crippen LogP contribution in [0, 0.1) is 0 Å². The van der Waals surface area contributed by atoms with Crippen molar-refractivity contribution >= 4 is 33.2 Å². The molecule has 32 heavy (non-hydrogen) atoms. The number of aryl methyl sites for hydroxylation is 2. The van der Waals surface area contributed by atoms with Crippen LogP contribution < -0.4 is 5.32 Å². The molecule has 0 atom stereocenters. The van der Waals surface area contributed by atoms with Gasteiger partial charge in [-0.15, -0.1) is 0 Å². The van der Waals surface area contributed by atoms with Crippen molar-refractivity contribution < 1.29 is 13.2 Å². The maximum absolute atomic E-state index is 13.1. The Balaban J connectivity index is 1.91. The number of para-hydroxylation sites is 1. The van der Waals surface area contributed by atoms with Crippen molar-refractivity contribution in [1.82, 2.24) is 4.31 Å². The summed E-state index contributed by atoms with van der Waals surface area (Å²) in [6, 6.07) is 19.4. The zero-order valence-corrected chi connectivity index (χ0v) is 20.0. The van der Waals surface area contributed by atoms with Crippen LogP contribution in [0.5, 0.6) is 0 Å². The minimum absolute atomic E-state index is 0.0185. The molecular formula is C25H27ClN2O3S. The monoisotopic (exact) mass is 470 g/mol. The lowest BCUT2D eigenvalue weighted by Gasteiger charge is -2.19. The van der Waals surface area contributed by atoms with Crippen LogP contribution in [0.1, 0.15) is 40.9 Å². The molecule has 3 aromatic rings. The highest BCUT2D eigenvalue weighted by Crippen LogP contribution is 2.27. The molecule has 0 aromatic heterocycles. The van der Waals surface area contributed by atoms with E-state index in [2.05, 4.69) is 5.32 Å². The van der Waals surface area contributed by atoms with Crippen LogP contribution in [-0.2, 0) is 29.4 Å². The molecule has 0 heterocycles. The summed E-state index contributed by atoms with van der Waals surface area (Å²) >= 11 is 6.29. The number of nitrogens with one attached hydrogen (secondary N) is 1. The van der Waals surface area contributed by atoms with E-state index in [-0.39, 0.29) is 22.0 Å². The molecule has 0 saturated carbocycles. The van der Waals surface area contributed by atoms with E-state index in [1.807, 2.05) is 62.4 Å². The summed E-state index contributed by atoms with van der Waals surface area (Å²) < 4.78 is 27.5. The van der Waals surface area contributed by atoms with Crippen LogP contribution in [0.15, 0.2) is 71.6 Å². The van der Waals surface area contributed by atoms with Gasteiger partial charge in [-0.05, 0) is 47.7 Å². The SMILES string of the molecule is CCc1cccc(CC)c1NC(=O)c1cc(S(=O)(=O)N(C)Cc2ccccc2)ccc1Cl. The topological polar surface area (TPSA) is 66.5 Å². The van der Waals surface area contributed by atoms with Crippen molar-refractivity contribution in [1.29, 1.82) is 0 Å². The number of halogens is 1. The smallest absolute Gasteiger partial charge is 0.257 e. The number of carbonyl (C=O) groups is 1. The summed E-state index contributed by atoms with van der Waals surface area (Å²) in [5.74, 6) is -0.437. The fraction of sp³-hybridized carbons (Fsp3) is 0.240. The Morgan fingerprint density at radius 2 is 1.56 bits per heavy atom. The molecular weight excluding hydrogens is 444 g/mol. The van der Waals surface area contributed by atoms with E-state index < -0.39 is 15.9 Å². The molecule has 0 aliphatic carbocycles. The molecule has 7 heteroatoms. The molecule has 0 bridgehead atoms. The second kappa shape index (κ2) is 10.3. The first-order chi connectivity index (χ1) is 15.3. The highest BCUT2D eigenvalue weighted by atomic mass is 35.5. The summed E-state index contributed by atoms with van der Waals surface area (Å²) in [5.41, 5.74) is 3.77. The average Bonchev–Trinajstić information content (AvgIpc) is 2.79. The van der Waals surface area contributed by atoms with Gasteiger partial charge >= 0.3 is 0 Å². The first-order valence-electron chi connectivity index (χ1n) is 10.5. The molecule has 168 valence electrons. The third kappa shape index (κ3) is 5.21. The van der Waals surface area contributed by atoms with Crippen LogP contribution in [0.2, 0.25) is 5.02 Å². The lowest BCUT2D eigenvalue weighted by molar-refractivity contribution is 0.102. The molecule has 5 nitrogen and oxygen atoms in total. The number of anilines is 1. The molecule has 0 unspecified atom stereocenters. The van der Waals surface area contributed by atoms with Gasteiger partial charge in [0.15, 0.2) is 0 Å². The van der Waals surface area contributed by atoms with Gasteiger partial charge < -0.3 is 5.32 Å². The van der Waals surface area contributed by atoms with Crippen LogP contribution in [0.4, 0.5) is 5.69 Å². The summed E-state index contributed by atoms with van der Waals surface area (Å²) in [5, 5.41) is 3.15. The molecule has 1 N–H and O–H groups in total. The normalized spacial score (nSPS) is 11.5. The van der Waals surface area contributed by atoms with Crippen molar-refractivity contribution in [2.45, 2.75) is 38.1 Å². The van der Waals surface area contributed by atoms with Crippen molar-refractivity contribution in [2.75, 3.05) is 12.4 Å². The highest BCUT2D eigenvalue weighted by Gasteiger charge is 2.24. The van der Waals surface area contributed by atoms with Gasteiger partial charge in [0.25, 0.3) is 5.91 Å². The van der Waals surface area contributed by atoms with Gasteiger partial charge in [0, 0.05) is 19.3 Å². The predicted molar refractivity (Wildman–Crippen MR) is 130 cm³/mol. The maximum Gasteiger partial charge on any atom is 0.257 e. The first-order valence-corrected chi connectivity index (χ1v) is 12.3. The largest absolute Gasteiger partial charge is 0.321 e. The van der Waals surface area contributed by atoms with E-state index in [0.717, 1.165) is 35.2 Å². The number of hydrogen-bond acceptors (Lipinski definition) is 3. The Bertz CT molecular complexity index is 1190. The third-order valence-electron chi connectivity index (χ3n) is 5.38. The molecule has 1 amide bonds. The summed E-state index contributed by atoms with van der Waals surface area (Å²) in [4.78, 5) is 13.1. The first kappa shape index (κ1) is 24.0. The number of amides is 1. The number of hydrogen-bond donors (Lipinski definition) is 1. The summed E-state index contributed by atoms with van der Waals surface area (Å²) in [6.45, 7) is 4.26. The number of benzene rings is 3. The van der Waals surface area contributed by atoms with Gasteiger partial charge in [-0.1, -0.05) is 74.0 Å². The zero-order chi connectivity index (χ0) is 23.3. The highest BCUT2D eigenvalue weighted by molar-refractivity contribution is 7.89. The van der Waals surface area contributed by atoms with Crippen molar-refractivity contribution in [3.63, 3.8) is 0 Å².